The first-order chi connectivity index (χ1) is 9.96. The van der Waals surface area contributed by atoms with E-state index in [-0.39, 0.29) is 4.21 Å². The van der Waals surface area contributed by atoms with Gasteiger partial charge in [-0.2, -0.15) is 0 Å². The average molecular weight is 348 g/mol. The van der Waals surface area contributed by atoms with Gasteiger partial charge in [0, 0.05) is 6.07 Å². The summed E-state index contributed by atoms with van der Waals surface area (Å²) >= 11 is 6.76. The number of hydrogen-bond acceptors (Lipinski definition) is 5. The van der Waals surface area contributed by atoms with Crippen molar-refractivity contribution in [2.45, 2.75) is 11.1 Å². The minimum absolute atomic E-state index is 0.153. The van der Waals surface area contributed by atoms with Gasteiger partial charge in [-0.15, -0.1) is 11.3 Å². The maximum Gasteiger partial charge on any atom is 0.271 e. The number of rotatable bonds is 6. The number of sulfonamides is 1. The molecule has 1 heterocycles. The minimum Gasteiger partial charge on any atom is -0.493 e. The number of anilines is 1. The van der Waals surface area contributed by atoms with Crippen molar-refractivity contribution < 1.29 is 17.9 Å². The summed E-state index contributed by atoms with van der Waals surface area (Å²) < 4.78 is 38.0. The van der Waals surface area contributed by atoms with Crippen molar-refractivity contribution in [2.24, 2.45) is 0 Å². The summed E-state index contributed by atoms with van der Waals surface area (Å²) in [6.45, 7) is 2.35. The van der Waals surface area contributed by atoms with Crippen LogP contribution in [0.25, 0.3) is 0 Å². The van der Waals surface area contributed by atoms with E-state index in [4.69, 9.17) is 21.1 Å². The topological polar surface area (TPSA) is 64.6 Å². The fraction of sp³-hybridized carbons (Fsp3) is 0.231. The first-order valence-electron chi connectivity index (χ1n) is 6.05. The third-order valence-electron chi connectivity index (χ3n) is 2.53. The molecule has 0 aliphatic rings. The molecule has 0 aliphatic carbocycles. The number of nitrogens with one attached hydrogen (secondary N) is 1. The van der Waals surface area contributed by atoms with Crippen molar-refractivity contribution in [3.05, 3.63) is 34.7 Å². The van der Waals surface area contributed by atoms with E-state index in [1.807, 2.05) is 6.92 Å². The van der Waals surface area contributed by atoms with Crippen LogP contribution in [-0.2, 0) is 10.0 Å². The van der Waals surface area contributed by atoms with E-state index >= 15 is 0 Å². The van der Waals surface area contributed by atoms with Crippen molar-refractivity contribution in [1.29, 1.82) is 0 Å². The summed E-state index contributed by atoms with van der Waals surface area (Å²) in [4.78, 5) is 0. The standard InChI is InChI=1S/C13H14ClNO4S2/c1-3-19-10-5-4-9(8-11(10)18-2)15-21(16,17)13-7-6-12(14)20-13/h4-8,15H,3H2,1-2H3. The van der Waals surface area contributed by atoms with Crippen LogP contribution in [0.5, 0.6) is 11.5 Å². The monoisotopic (exact) mass is 347 g/mol. The molecular weight excluding hydrogens is 334 g/mol. The number of methoxy groups -OCH3 is 1. The fourth-order valence-corrected chi connectivity index (χ4v) is 4.19. The Kier molecular flexibility index (Phi) is 4.97. The van der Waals surface area contributed by atoms with Crippen molar-refractivity contribution >= 4 is 38.6 Å². The van der Waals surface area contributed by atoms with Crippen LogP contribution in [0.1, 0.15) is 6.92 Å². The summed E-state index contributed by atoms with van der Waals surface area (Å²) in [5.41, 5.74) is 0.389. The van der Waals surface area contributed by atoms with Crippen LogP contribution >= 0.6 is 22.9 Å². The molecule has 1 aromatic heterocycles. The highest BCUT2D eigenvalue weighted by molar-refractivity contribution is 7.94. The van der Waals surface area contributed by atoms with Gasteiger partial charge >= 0.3 is 0 Å². The molecule has 8 heteroatoms. The molecule has 1 N–H and O–H groups in total. The molecule has 0 bridgehead atoms. The number of halogens is 1. The van der Waals surface area contributed by atoms with Gasteiger partial charge in [-0.3, -0.25) is 4.72 Å². The Hall–Kier alpha value is -1.44. The summed E-state index contributed by atoms with van der Waals surface area (Å²) in [5, 5.41) is 0. The molecule has 1 aromatic carbocycles. The van der Waals surface area contributed by atoms with Crippen LogP contribution in [-0.4, -0.2) is 22.1 Å². The quantitative estimate of drug-likeness (QED) is 0.867. The molecule has 21 heavy (non-hydrogen) atoms. The van der Waals surface area contributed by atoms with E-state index in [0.29, 0.717) is 28.1 Å². The van der Waals surface area contributed by atoms with Gasteiger partial charge in [-0.05, 0) is 31.2 Å². The molecule has 2 aromatic rings. The van der Waals surface area contributed by atoms with Crippen molar-refractivity contribution in [1.82, 2.24) is 0 Å². The lowest BCUT2D eigenvalue weighted by Crippen LogP contribution is -2.11. The van der Waals surface area contributed by atoms with Crippen LogP contribution in [0.2, 0.25) is 4.34 Å². The van der Waals surface area contributed by atoms with E-state index in [2.05, 4.69) is 4.72 Å². The first kappa shape index (κ1) is 15.9. The molecule has 2 rings (SSSR count). The van der Waals surface area contributed by atoms with Gasteiger partial charge in [0.05, 0.1) is 23.7 Å². The second-order valence-corrected chi connectivity index (χ2v) is 7.59. The van der Waals surface area contributed by atoms with Crippen LogP contribution in [0.15, 0.2) is 34.5 Å². The lowest BCUT2D eigenvalue weighted by molar-refractivity contribution is 0.311. The lowest BCUT2D eigenvalue weighted by atomic mass is 10.3. The highest BCUT2D eigenvalue weighted by Crippen LogP contribution is 2.32. The third-order valence-corrected chi connectivity index (χ3v) is 5.63. The predicted molar refractivity (Wildman–Crippen MR) is 84.3 cm³/mol. The molecular formula is C13H14ClNO4S2. The normalized spacial score (nSPS) is 11.2. The van der Waals surface area contributed by atoms with Crippen LogP contribution < -0.4 is 14.2 Å². The van der Waals surface area contributed by atoms with E-state index in [0.717, 1.165) is 11.3 Å². The van der Waals surface area contributed by atoms with E-state index in [1.165, 1.54) is 13.2 Å². The molecule has 0 radical (unpaired) electrons. The van der Waals surface area contributed by atoms with Gasteiger partial charge < -0.3 is 9.47 Å². The van der Waals surface area contributed by atoms with Crippen LogP contribution in [0.3, 0.4) is 0 Å². The van der Waals surface area contributed by atoms with Gasteiger partial charge in [0.25, 0.3) is 10.0 Å². The number of hydrogen-bond donors (Lipinski definition) is 1. The maximum atomic E-state index is 12.2. The Labute approximate surface area is 132 Å². The Morgan fingerprint density at radius 3 is 2.57 bits per heavy atom. The van der Waals surface area contributed by atoms with Gasteiger partial charge in [-0.1, -0.05) is 11.6 Å². The predicted octanol–water partition coefficient (Wildman–Crippen LogP) is 3.61. The van der Waals surface area contributed by atoms with Crippen LogP contribution in [0, 0.1) is 0 Å². The fourth-order valence-electron chi connectivity index (χ4n) is 1.65. The Balaban J connectivity index is 2.27. The van der Waals surface area contributed by atoms with Gasteiger partial charge in [0.2, 0.25) is 0 Å². The first-order valence-corrected chi connectivity index (χ1v) is 8.73. The van der Waals surface area contributed by atoms with E-state index < -0.39 is 10.0 Å². The Morgan fingerprint density at radius 2 is 2.00 bits per heavy atom. The zero-order valence-corrected chi connectivity index (χ0v) is 13.8. The number of thiophene rings is 1. The van der Waals surface area contributed by atoms with Crippen molar-refractivity contribution in [2.75, 3.05) is 18.4 Å². The van der Waals surface area contributed by atoms with E-state index in [9.17, 15) is 8.42 Å². The Bertz CT molecular complexity index is 728. The molecule has 0 spiro atoms. The van der Waals surface area contributed by atoms with Crippen LogP contribution in [0.4, 0.5) is 5.69 Å². The number of benzene rings is 1. The molecule has 0 unspecified atom stereocenters. The molecule has 5 nitrogen and oxygen atoms in total. The Morgan fingerprint density at radius 1 is 1.24 bits per heavy atom. The second kappa shape index (κ2) is 6.55. The minimum atomic E-state index is -3.65. The number of ether oxygens (including phenoxy) is 2. The zero-order chi connectivity index (χ0) is 15.5. The maximum absolute atomic E-state index is 12.2. The zero-order valence-electron chi connectivity index (χ0n) is 11.4. The average Bonchev–Trinajstić information content (AvgIpc) is 2.88. The molecule has 0 aliphatic heterocycles. The highest BCUT2D eigenvalue weighted by atomic mass is 35.5. The second-order valence-electron chi connectivity index (χ2n) is 3.96. The molecule has 0 atom stereocenters. The molecule has 0 saturated heterocycles. The van der Waals surface area contributed by atoms with E-state index in [1.54, 1.807) is 24.3 Å². The largest absolute Gasteiger partial charge is 0.493 e. The SMILES string of the molecule is CCOc1ccc(NS(=O)(=O)c2ccc(Cl)s2)cc1OC. The summed E-state index contributed by atoms with van der Waals surface area (Å²) in [5.74, 6) is 1.02. The molecule has 0 amide bonds. The lowest BCUT2D eigenvalue weighted by Gasteiger charge is -2.12. The third kappa shape index (κ3) is 3.81. The molecule has 114 valence electrons. The van der Waals surface area contributed by atoms with Gasteiger partial charge in [-0.25, -0.2) is 8.42 Å². The summed E-state index contributed by atoms with van der Waals surface area (Å²) in [7, 11) is -2.16. The highest BCUT2D eigenvalue weighted by Gasteiger charge is 2.17. The smallest absolute Gasteiger partial charge is 0.271 e. The summed E-state index contributed by atoms with van der Waals surface area (Å²) in [6.07, 6.45) is 0. The summed E-state index contributed by atoms with van der Waals surface area (Å²) in [6, 6.07) is 7.83. The van der Waals surface area contributed by atoms with Gasteiger partial charge in [0.1, 0.15) is 4.21 Å². The van der Waals surface area contributed by atoms with Gasteiger partial charge in [0.15, 0.2) is 11.5 Å². The van der Waals surface area contributed by atoms with Crippen molar-refractivity contribution in [3.8, 4) is 11.5 Å². The molecule has 0 saturated carbocycles. The molecule has 0 fully saturated rings. The van der Waals surface area contributed by atoms with Crippen molar-refractivity contribution in [3.63, 3.8) is 0 Å².